The normalized spacial score (nSPS) is 10.8. The molecule has 1 amide bonds. The number of fused-ring (bicyclic) bond motifs is 2. The molecule has 0 saturated carbocycles. The van der Waals surface area contributed by atoms with E-state index in [2.05, 4.69) is 20.6 Å². The van der Waals surface area contributed by atoms with Crippen LogP contribution in [0.25, 0.3) is 21.8 Å². The predicted octanol–water partition coefficient (Wildman–Crippen LogP) is 4.15. The second-order valence-corrected chi connectivity index (χ2v) is 6.40. The molecule has 3 aromatic carbocycles. The van der Waals surface area contributed by atoms with Crippen LogP contribution < -0.4 is 10.6 Å². The van der Waals surface area contributed by atoms with Crippen LogP contribution in [0.1, 0.15) is 16.2 Å². The molecule has 0 aliphatic carbocycles. The third-order valence-corrected chi connectivity index (χ3v) is 4.32. The molecule has 0 saturated heterocycles. The monoisotopic (exact) mass is 360 g/mol. The molecule has 0 fully saturated rings. The number of aromatic nitrogens is 2. The summed E-state index contributed by atoms with van der Waals surface area (Å²) in [5.41, 5.74) is 3.17. The van der Waals surface area contributed by atoms with Crippen molar-refractivity contribution in [3.8, 4) is 0 Å². The summed E-state index contributed by atoms with van der Waals surface area (Å²) in [6, 6.07) is 19.1. The summed E-state index contributed by atoms with van der Waals surface area (Å²) in [5, 5.41) is 7.94. The highest BCUT2D eigenvalue weighted by molar-refractivity contribution is 7.80. The van der Waals surface area contributed by atoms with Crippen LogP contribution in [0.4, 0.5) is 5.69 Å². The summed E-state index contributed by atoms with van der Waals surface area (Å²) in [7, 11) is 0. The van der Waals surface area contributed by atoms with E-state index in [4.69, 9.17) is 12.2 Å². The highest BCUT2D eigenvalue weighted by Gasteiger charge is 2.11. The quantitative estimate of drug-likeness (QED) is 0.470. The van der Waals surface area contributed by atoms with Gasteiger partial charge in [0.05, 0.1) is 11.0 Å². The van der Waals surface area contributed by atoms with Gasteiger partial charge in [0.25, 0.3) is 5.91 Å². The summed E-state index contributed by atoms with van der Waals surface area (Å²) in [6.07, 6.45) is 0. The Labute approximate surface area is 155 Å². The molecule has 0 radical (unpaired) electrons. The van der Waals surface area contributed by atoms with Crippen LogP contribution in [-0.2, 0) is 0 Å². The largest absolute Gasteiger partial charge is 0.342 e. The molecule has 0 bridgehead atoms. The van der Waals surface area contributed by atoms with E-state index in [1.165, 1.54) is 0 Å². The maximum atomic E-state index is 12.6. The van der Waals surface area contributed by atoms with Crippen molar-refractivity contribution in [2.75, 3.05) is 5.32 Å². The zero-order valence-electron chi connectivity index (χ0n) is 14.0. The van der Waals surface area contributed by atoms with Crippen LogP contribution in [0, 0.1) is 6.92 Å². The Kier molecular flexibility index (Phi) is 4.10. The number of aryl methyl sites for hydroxylation is 1. The van der Waals surface area contributed by atoms with Gasteiger partial charge in [-0.05, 0) is 54.2 Å². The molecule has 3 N–H and O–H groups in total. The molecular formula is C20H16N4OS. The van der Waals surface area contributed by atoms with Gasteiger partial charge in [-0.2, -0.15) is 0 Å². The lowest BCUT2D eigenvalue weighted by molar-refractivity contribution is 0.0979. The molecule has 1 heterocycles. The highest BCUT2D eigenvalue weighted by Crippen LogP contribution is 2.19. The summed E-state index contributed by atoms with van der Waals surface area (Å²) >= 11 is 5.29. The summed E-state index contributed by atoms with van der Waals surface area (Å²) in [4.78, 5) is 20.2. The minimum absolute atomic E-state index is 0.238. The molecule has 1 aromatic heterocycles. The molecule has 0 aliphatic heterocycles. The number of thiocarbonyl (C=S) groups is 1. The van der Waals surface area contributed by atoms with Gasteiger partial charge in [0.2, 0.25) is 0 Å². The molecule has 0 unspecified atom stereocenters. The number of anilines is 1. The number of nitrogens with zero attached hydrogens (tertiary/aromatic N) is 1. The lowest BCUT2D eigenvalue weighted by atomic mass is 10.0. The lowest BCUT2D eigenvalue weighted by Crippen LogP contribution is -2.34. The fraction of sp³-hybridized carbons (Fsp3) is 0.0500. The Balaban J connectivity index is 1.52. The first-order valence-corrected chi connectivity index (χ1v) is 8.57. The molecular weight excluding hydrogens is 344 g/mol. The minimum Gasteiger partial charge on any atom is -0.342 e. The predicted molar refractivity (Wildman–Crippen MR) is 108 cm³/mol. The number of hydrogen-bond donors (Lipinski definition) is 3. The van der Waals surface area contributed by atoms with Gasteiger partial charge in [-0.1, -0.05) is 36.4 Å². The number of carbonyl (C=O) groups is 1. The van der Waals surface area contributed by atoms with Gasteiger partial charge in [0, 0.05) is 11.3 Å². The lowest BCUT2D eigenvalue weighted by Gasteiger charge is -2.11. The van der Waals surface area contributed by atoms with Gasteiger partial charge >= 0.3 is 0 Å². The van der Waals surface area contributed by atoms with Crippen LogP contribution in [0.5, 0.6) is 0 Å². The second-order valence-electron chi connectivity index (χ2n) is 5.99. The average molecular weight is 360 g/mol. The summed E-state index contributed by atoms with van der Waals surface area (Å²) < 4.78 is 0. The molecule has 4 aromatic rings. The summed E-state index contributed by atoms with van der Waals surface area (Å²) in [5.74, 6) is 0.613. The van der Waals surface area contributed by atoms with Crippen LogP contribution in [0.15, 0.2) is 60.7 Å². The fourth-order valence-corrected chi connectivity index (χ4v) is 3.18. The minimum atomic E-state index is -0.238. The third-order valence-electron chi connectivity index (χ3n) is 4.12. The van der Waals surface area contributed by atoms with Crippen molar-refractivity contribution in [2.45, 2.75) is 6.92 Å². The van der Waals surface area contributed by atoms with Gasteiger partial charge in [0.15, 0.2) is 5.11 Å². The number of aromatic amines is 1. The van der Waals surface area contributed by atoms with E-state index >= 15 is 0 Å². The maximum absolute atomic E-state index is 12.6. The van der Waals surface area contributed by atoms with Crippen LogP contribution in [0.3, 0.4) is 0 Å². The molecule has 0 aliphatic rings. The van der Waals surface area contributed by atoms with E-state index < -0.39 is 0 Å². The zero-order chi connectivity index (χ0) is 18.1. The van der Waals surface area contributed by atoms with E-state index in [0.717, 1.165) is 33.3 Å². The van der Waals surface area contributed by atoms with Crippen molar-refractivity contribution in [1.82, 2.24) is 15.3 Å². The Morgan fingerprint density at radius 2 is 1.88 bits per heavy atom. The number of nitrogens with one attached hydrogen (secondary N) is 3. The molecule has 128 valence electrons. The molecule has 0 atom stereocenters. The molecule has 4 rings (SSSR count). The van der Waals surface area contributed by atoms with Crippen molar-refractivity contribution < 1.29 is 4.79 Å². The third kappa shape index (κ3) is 3.14. The zero-order valence-corrected chi connectivity index (χ0v) is 14.9. The van der Waals surface area contributed by atoms with Crippen molar-refractivity contribution in [3.05, 3.63) is 72.1 Å². The Morgan fingerprint density at radius 1 is 1.08 bits per heavy atom. The smallest absolute Gasteiger partial charge is 0.258 e. The number of carbonyl (C=O) groups excluding carboxylic acids is 1. The van der Waals surface area contributed by atoms with Crippen molar-refractivity contribution in [1.29, 1.82) is 0 Å². The molecule has 0 spiro atoms. The van der Waals surface area contributed by atoms with E-state index in [-0.39, 0.29) is 11.0 Å². The van der Waals surface area contributed by atoms with Crippen LogP contribution in [-0.4, -0.2) is 21.0 Å². The van der Waals surface area contributed by atoms with E-state index in [1.54, 1.807) is 6.07 Å². The SMILES string of the molecule is Cc1nc2ccc(NC(=S)NC(=O)c3cccc4ccccc34)cc2[nH]1. The number of benzene rings is 3. The van der Waals surface area contributed by atoms with Gasteiger partial charge in [-0.3, -0.25) is 10.1 Å². The van der Waals surface area contributed by atoms with Crippen LogP contribution >= 0.6 is 12.2 Å². The highest BCUT2D eigenvalue weighted by atomic mass is 32.1. The first-order chi connectivity index (χ1) is 12.6. The number of imidazole rings is 1. The van der Waals surface area contributed by atoms with E-state index in [9.17, 15) is 4.79 Å². The maximum Gasteiger partial charge on any atom is 0.258 e. The van der Waals surface area contributed by atoms with E-state index in [1.807, 2.05) is 61.5 Å². The topological polar surface area (TPSA) is 69.8 Å². The average Bonchev–Trinajstić information content (AvgIpc) is 3.00. The summed E-state index contributed by atoms with van der Waals surface area (Å²) in [6.45, 7) is 1.90. The number of amides is 1. The van der Waals surface area contributed by atoms with Gasteiger partial charge < -0.3 is 10.3 Å². The van der Waals surface area contributed by atoms with Crippen LogP contribution in [0.2, 0.25) is 0 Å². The van der Waals surface area contributed by atoms with Crippen molar-refractivity contribution in [3.63, 3.8) is 0 Å². The first-order valence-electron chi connectivity index (χ1n) is 8.16. The second kappa shape index (κ2) is 6.57. The van der Waals surface area contributed by atoms with Gasteiger partial charge in [-0.15, -0.1) is 0 Å². The van der Waals surface area contributed by atoms with Crippen molar-refractivity contribution >= 4 is 50.7 Å². The molecule has 5 nitrogen and oxygen atoms in total. The Hall–Kier alpha value is -3.25. The van der Waals surface area contributed by atoms with Crippen molar-refractivity contribution in [2.24, 2.45) is 0 Å². The Bertz CT molecular complexity index is 1140. The fourth-order valence-electron chi connectivity index (χ4n) is 2.97. The number of H-pyrrole nitrogens is 1. The molecule has 26 heavy (non-hydrogen) atoms. The van der Waals surface area contributed by atoms with Gasteiger partial charge in [0.1, 0.15) is 5.82 Å². The number of hydrogen-bond acceptors (Lipinski definition) is 3. The Morgan fingerprint density at radius 3 is 2.77 bits per heavy atom. The van der Waals surface area contributed by atoms with E-state index in [0.29, 0.717) is 5.56 Å². The first kappa shape index (κ1) is 16.2. The number of rotatable bonds is 2. The standard InChI is InChI=1S/C20H16N4OS/c1-12-21-17-10-9-14(11-18(17)22-12)23-20(26)24-19(25)16-8-4-6-13-5-2-3-7-15(13)16/h2-11H,1H3,(H,21,22)(H2,23,24,25,26). The molecule has 6 heteroatoms. The van der Waals surface area contributed by atoms with Gasteiger partial charge in [-0.25, -0.2) is 4.98 Å².